The molecule has 1 unspecified atom stereocenters. The Kier molecular flexibility index (Phi) is 8.89. The van der Waals surface area contributed by atoms with Gasteiger partial charge in [0.25, 0.3) is 0 Å². The van der Waals surface area contributed by atoms with Crippen LogP contribution in [-0.2, 0) is 12.6 Å². The second-order valence-corrected chi connectivity index (χ2v) is 16.1. The van der Waals surface area contributed by atoms with Gasteiger partial charge in [0, 0.05) is 45.1 Å². The van der Waals surface area contributed by atoms with Crippen molar-refractivity contribution in [3.63, 3.8) is 0 Å². The van der Waals surface area contributed by atoms with Crippen molar-refractivity contribution < 1.29 is 13.2 Å². The molecule has 0 spiro atoms. The van der Waals surface area contributed by atoms with Crippen LogP contribution in [-0.4, -0.2) is 9.13 Å². The molecule has 9 aromatic rings. The van der Waals surface area contributed by atoms with Crippen LogP contribution in [0.25, 0.3) is 83.6 Å². The van der Waals surface area contributed by atoms with Crippen molar-refractivity contribution in [1.82, 2.24) is 9.13 Å². The van der Waals surface area contributed by atoms with Crippen LogP contribution in [0.4, 0.5) is 13.2 Å². The summed E-state index contributed by atoms with van der Waals surface area (Å²) < 4.78 is 49.2. The first-order valence-corrected chi connectivity index (χ1v) is 20.8. The van der Waals surface area contributed by atoms with Crippen molar-refractivity contribution in [1.29, 1.82) is 10.5 Å². The third-order valence-corrected chi connectivity index (χ3v) is 12.6. The van der Waals surface area contributed by atoms with Crippen molar-refractivity contribution in [3.05, 3.63) is 209 Å². The Morgan fingerprint density at radius 2 is 1.24 bits per heavy atom. The Balaban J connectivity index is 1.22. The highest BCUT2D eigenvalue weighted by molar-refractivity contribution is 6.13. The van der Waals surface area contributed by atoms with E-state index < -0.39 is 17.7 Å². The lowest BCUT2D eigenvalue weighted by atomic mass is 9.85. The molecule has 63 heavy (non-hydrogen) atoms. The van der Waals surface area contributed by atoms with Crippen molar-refractivity contribution >= 4 is 55.6 Å². The highest BCUT2D eigenvalue weighted by Crippen LogP contribution is 2.47. The largest absolute Gasteiger partial charge is 0.417 e. The molecule has 7 heteroatoms. The minimum absolute atomic E-state index is 0.0273. The van der Waals surface area contributed by atoms with Gasteiger partial charge in [0.2, 0.25) is 0 Å². The van der Waals surface area contributed by atoms with Crippen LogP contribution in [0.15, 0.2) is 176 Å². The van der Waals surface area contributed by atoms with Gasteiger partial charge in [0.05, 0.1) is 51.4 Å². The van der Waals surface area contributed by atoms with Gasteiger partial charge in [0.15, 0.2) is 0 Å². The van der Waals surface area contributed by atoms with E-state index in [1.165, 1.54) is 17.7 Å². The molecule has 0 amide bonds. The summed E-state index contributed by atoms with van der Waals surface area (Å²) in [5.74, 6) is -0.489. The Morgan fingerprint density at radius 3 is 1.97 bits per heavy atom. The zero-order valence-corrected chi connectivity index (χ0v) is 33.7. The first-order chi connectivity index (χ1) is 30.8. The summed E-state index contributed by atoms with van der Waals surface area (Å²) in [6.45, 7) is 0. The van der Waals surface area contributed by atoms with Crippen LogP contribution in [0.1, 0.15) is 39.9 Å². The van der Waals surface area contributed by atoms with E-state index in [0.29, 0.717) is 24.0 Å². The molecule has 4 nitrogen and oxygen atoms in total. The molecule has 300 valence electrons. The summed E-state index contributed by atoms with van der Waals surface area (Å²) in [5, 5.41) is 23.3. The quantitative estimate of drug-likeness (QED) is 0.168. The fraction of sp³-hybridized carbons (Fsp3) is 0.0714. The highest BCUT2D eigenvalue weighted by Gasteiger charge is 2.35. The average molecular weight is 821 g/mol. The van der Waals surface area contributed by atoms with Gasteiger partial charge >= 0.3 is 6.18 Å². The maximum atomic E-state index is 14.9. The predicted octanol–water partition coefficient (Wildman–Crippen LogP) is 14.5. The van der Waals surface area contributed by atoms with E-state index in [-0.39, 0.29) is 11.1 Å². The highest BCUT2D eigenvalue weighted by atomic mass is 19.4. The van der Waals surface area contributed by atoms with E-state index in [1.807, 2.05) is 91.0 Å². The van der Waals surface area contributed by atoms with E-state index in [2.05, 4.69) is 88.0 Å². The normalized spacial score (nSPS) is 14.9. The van der Waals surface area contributed by atoms with Crippen molar-refractivity contribution in [3.8, 4) is 40.1 Å². The van der Waals surface area contributed by atoms with Crippen LogP contribution in [0.5, 0.6) is 0 Å². The van der Waals surface area contributed by atoms with Gasteiger partial charge in [0.1, 0.15) is 0 Å². The van der Waals surface area contributed by atoms with E-state index in [4.69, 9.17) is 0 Å². The lowest BCUT2D eigenvalue weighted by Gasteiger charge is -2.25. The summed E-state index contributed by atoms with van der Waals surface area (Å²) in [6.07, 6.45) is 2.45. The molecule has 0 saturated carbocycles. The van der Waals surface area contributed by atoms with Gasteiger partial charge in [-0.2, -0.15) is 23.7 Å². The van der Waals surface area contributed by atoms with Crippen LogP contribution in [0.3, 0.4) is 0 Å². The monoisotopic (exact) mass is 820 g/mol. The summed E-state index contributed by atoms with van der Waals surface area (Å²) in [7, 11) is 0. The zero-order valence-electron chi connectivity index (χ0n) is 33.7. The molecular formula is C56H35F3N4. The lowest BCUT2D eigenvalue weighted by molar-refractivity contribution is -0.137. The number of nitrogens with zero attached hydrogens (tertiary/aromatic N) is 4. The molecule has 11 rings (SSSR count). The van der Waals surface area contributed by atoms with Gasteiger partial charge in [-0.25, -0.2) is 0 Å². The van der Waals surface area contributed by atoms with Crippen molar-refractivity contribution in [2.45, 2.75) is 19.0 Å². The van der Waals surface area contributed by atoms with Crippen LogP contribution in [0, 0.1) is 28.6 Å². The lowest BCUT2D eigenvalue weighted by Crippen LogP contribution is -2.11. The van der Waals surface area contributed by atoms with Gasteiger partial charge in [-0.15, -0.1) is 0 Å². The second kappa shape index (κ2) is 14.8. The number of allylic oxidation sites excluding steroid dienone is 5. The van der Waals surface area contributed by atoms with E-state index in [0.717, 1.165) is 83.7 Å². The second-order valence-electron chi connectivity index (χ2n) is 16.1. The van der Waals surface area contributed by atoms with E-state index in [9.17, 15) is 23.7 Å². The first-order valence-electron chi connectivity index (χ1n) is 20.8. The Bertz CT molecular complexity index is 3510. The predicted molar refractivity (Wildman–Crippen MR) is 247 cm³/mol. The minimum Gasteiger partial charge on any atom is -0.312 e. The van der Waals surface area contributed by atoms with Gasteiger partial charge in [-0.3, -0.25) is 0 Å². The number of halogens is 3. The van der Waals surface area contributed by atoms with Crippen LogP contribution in [0.2, 0.25) is 0 Å². The van der Waals surface area contributed by atoms with E-state index >= 15 is 0 Å². The molecular weight excluding hydrogens is 786 g/mol. The SMILES string of the molecule is N#Cc1ccc(-c2ccc(-n3c4c(c5ccccc53)C=C(c3ccccc3)C4)c(C3=C(n4c5ccccc5c5cc(-c6ccccc6)ccc54)C=CC(C#N)C3)c2)c(C(F)(F)F)c1. The summed E-state index contributed by atoms with van der Waals surface area (Å²) in [6, 6.07) is 57.2. The number of hydrogen-bond donors (Lipinski definition) is 0. The van der Waals surface area contributed by atoms with E-state index in [1.54, 1.807) is 6.07 Å². The molecule has 0 saturated heterocycles. The molecule has 1 atom stereocenters. The maximum absolute atomic E-state index is 14.9. The fourth-order valence-electron chi connectivity index (χ4n) is 9.70. The number of hydrogen-bond acceptors (Lipinski definition) is 2. The first kappa shape index (κ1) is 37.8. The standard InChI is InChI=1S/C56H35F3N4/c57-56(58,59)49-28-36(34-61)19-23-42(49)40-22-26-54(63-51-18-10-8-16-44(51)47-31-41(32-55(47)63)38-13-5-2-6-14-38)48(30-40)45-27-35(33-60)20-24-52(45)62-50-17-9-7-15-43(50)46-29-39(21-25-53(46)62)37-11-3-1-4-12-37/h1-26,28-31,35H,27,32H2. The number of alkyl halides is 3. The molecule has 0 aliphatic heterocycles. The van der Waals surface area contributed by atoms with Crippen molar-refractivity contribution in [2.24, 2.45) is 5.92 Å². The molecule has 0 N–H and O–H groups in total. The van der Waals surface area contributed by atoms with Gasteiger partial charge < -0.3 is 9.13 Å². The summed E-state index contributed by atoms with van der Waals surface area (Å²) in [5.41, 5.74) is 12.1. The molecule has 0 radical (unpaired) electrons. The number of benzene rings is 7. The smallest absolute Gasteiger partial charge is 0.312 e. The fourth-order valence-corrected chi connectivity index (χ4v) is 9.70. The van der Waals surface area contributed by atoms with Crippen LogP contribution >= 0.6 is 0 Å². The molecule has 2 aliphatic rings. The Hall–Kier alpha value is -8.13. The molecule has 0 fully saturated rings. The molecule has 0 bridgehead atoms. The van der Waals surface area contributed by atoms with Crippen molar-refractivity contribution in [2.75, 3.05) is 0 Å². The molecule has 2 aliphatic carbocycles. The third kappa shape index (κ3) is 6.28. The number of rotatable bonds is 6. The zero-order chi connectivity index (χ0) is 42.8. The van der Waals surface area contributed by atoms with Gasteiger partial charge in [-0.05, 0) is 106 Å². The summed E-state index contributed by atoms with van der Waals surface area (Å²) >= 11 is 0. The van der Waals surface area contributed by atoms with Gasteiger partial charge in [-0.1, -0.05) is 121 Å². The average Bonchev–Trinajstić information content (AvgIpc) is 4.00. The maximum Gasteiger partial charge on any atom is 0.417 e. The summed E-state index contributed by atoms with van der Waals surface area (Å²) in [4.78, 5) is 0. The number of fused-ring (bicyclic) bond motifs is 6. The Morgan fingerprint density at radius 1 is 0.571 bits per heavy atom. The number of para-hydroxylation sites is 2. The minimum atomic E-state index is -4.72. The number of nitriles is 2. The topological polar surface area (TPSA) is 57.4 Å². The van der Waals surface area contributed by atoms with Crippen LogP contribution < -0.4 is 0 Å². The number of aromatic nitrogens is 2. The third-order valence-electron chi connectivity index (χ3n) is 12.6. The molecule has 7 aromatic carbocycles. The Labute approximate surface area is 361 Å². The molecule has 2 heterocycles. The molecule has 2 aromatic heterocycles.